The van der Waals surface area contributed by atoms with Crippen molar-refractivity contribution in [3.8, 4) is 11.5 Å². The van der Waals surface area contributed by atoms with Gasteiger partial charge in [0.1, 0.15) is 5.60 Å². The van der Waals surface area contributed by atoms with Crippen LogP contribution in [0.4, 0.5) is 11.5 Å². The van der Waals surface area contributed by atoms with E-state index in [-0.39, 0.29) is 24.5 Å². The van der Waals surface area contributed by atoms with Gasteiger partial charge in [0.15, 0.2) is 23.9 Å². The van der Waals surface area contributed by atoms with Crippen molar-refractivity contribution < 1.29 is 33.4 Å². The average molecular weight is 492 g/mol. The maximum atomic E-state index is 12.8. The van der Waals surface area contributed by atoms with Crippen LogP contribution in [0.2, 0.25) is 0 Å². The number of nitrogens with one attached hydrogen (secondary N) is 1. The van der Waals surface area contributed by atoms with Gasteiger partial charge < -0.3 is 29.0 Å². The van der Waals surface area contributed by atoms with Gasteiger partial charge in [-0.25, -0.2) is 9.78 Å². The Morgan fingerprint density at radius 3 is 2.54 bits per heavy atom. The fourth-order valence-electron chi connectivity index (χ4n) is 3.69. The monoisotopic (exact) mass is 491 g/mol. The molecule has 0 saturated carbocycles. The SMILES string of the molecule is COc1cc2cc([N+](=O)[O-])c(NCC[C@H](OC3CCCCO3)C(=O)OC(C)(C)C)nc2cc1OC. The van der Waals surface area contributed by atoms with Crippen molar-refractivity contribution in [2.24, 2.45) is 0 Å². The quantitative estimate of drug-likeness (QED) is 0.293. The van der Waals surface area contributed by atoms with E-state index in [9.17, 15) is 14.9 Å². The Bertz CT molecular complexity index is 1050. The van der Waals surface area contributed by atoms with Crippen molar-refractivity contribution in [1.82, 2.24) is 4.98 Å². The number of aromatic nitrogens is 1. The van der Waals surface area contributed by atoms with Gasteiger partial charge in [-0.1, -0.05) is 0 Å². The number of carbonyl (C=O) groups excluding carboxylic acids is 1. The molecule has 1 aromatic heterocycles. The van der Waals surface area contributed by atoms with E-state index in [4.69, 9.17) is 23.7 Å². The Kier molecular flexibility index (Phi) is 8.68. The predicted molar refractivity (Wildman–Crippen MR) is 129 cm³/mol. The van der Waals surface area contributed by atoms with Gasteiger partial charge in [-0.15, -0.1) is 0 Å². The highest BCUT2D eigenvalue weighted by molar-refractivity contribution is 5.87. The molecule has 2 atom stereocenters. The van der Waals surface area contributed by atoms with Crippen LogP contribution >= 0.6 is 0 Å². The summed E-state index contributed by atoms with van der Waals surface area (Å²) in [6.07, 6.45) is 1.41. The smallest absolute Gasteiger partial charge is 0.335 e. The summed E-state index contributed by atoms with van der Waals surface area (Å²) < 4.78 is 27.6. The predicted octanol–water partition coefficient (Wildman–Crippen LogP) is 4.22. The summed E-state index contributed by atoms with van der Waals surface area (Å²) in [4.78, 5) is 28.4. The molecule has 0 radical (unpaired) electrons. The van der Waals surface area contributed by atoms with Gasteiger partial charge in [-0.05, 0) is 46.1 Å². The molecule has 2 heterocycles. The maximum absolute atomic E-state index is 12.8. The minimum absolute atomic E-state index is 0.0755. The summed E-state index contributed by atoms with van der Waals surface area (Å²) in [5, 5.41) is 15.2. The normalized spacial score (nSPS) is 17.0. The first kappa shape index (κ1) is 26.4. The number of fused-ring (bicyclic) bond motifs is 1. The molecule has 1 aromatic carbocycles. The Hall–Kier alpha value is -3.18. The third kappa shape index (κ3) is 7.15. The van der Waals surface area contributed by atoms with Crippen molar-refractivity contribution >= 4 is 28.4 Å². The van der Waals surface area contributed by atoms with Gasteiger partial charge in [0.05, 0.1) is 24.7 Å². The zero-order chi connectivity index (χ0) is 25.6. The first-order valence-electron chi connectivity index (χ1n) is 11.6. The number of nitro groups is 1. The molecule has 1 fully saturated rings. The summed E-state index contributed by atoms with van der Waals surface area (Å²) in [5.41, 5.74) is -0.389. The molecule has 11 nitrogen and oxygen atoms in total. The molecular formula is C24H33N3O8. The molecule has 1 unspecified atom stereocenters. The number of hydrogen-bond acceptors (Lipinski definition) is 10. The van der Waals surface area contributed by atoms with E-state index < -0.39 is 28.9 Å². The van der Waals surface area contributed by atoms with E-state index in [1.54, 1.807) is 32.9 Å². The van der Waals surface area contributed by atoms with Crippen molar-refractivity contribution in [3.63, 3.8) is 0 Å². The first-order chi connectivity index (χ1) is 16.6. The lowest BCUT2D eigenvalue weighted by Crippen LogP contribution is -2.38. The number of anilines is 1. The molecule has 1 aliphatic rings. The van der Waals surface area contributed by atoms with Crippen LogP contribution in [0.25, 0.3) is 10.9 Å². The molecule has 192 valence electrons. The number of carbonyl (C=O) groups is 1. The Balaban J connectivity index is 1.79. The van der Waals surface area contributed by atoms with Crippen LogP contribution in [-0.2, 0) is 19.0 Å². The van der Waals surface area contributed by atoms with Crippen LogP contribution in [0.1, 0.15) is 46.5 Å². The number of pyridine rings is 1. The van der Waals surface area contributed by atoms with Crippen molar-refractivity contribution in [3.05, 3.63) is 28.3 Å². The molecule has 1 N–H and O–H groups in total. The minimum atomic E-state index is -0.895. The number of hydrogen-bond donors (Lipinski definition) is 1. The fourth-order valence-corrected chi connectivity index (χ4v) is 3.69. The lowest BCUT2D eigenvalue weighted by atomic mass is 10.1. The molecule has 1 aliphatic heterocycles. The van der Waals surface area contributed by atoms with Gasteiger partial charge in [-0.2, -0.15) is 0 Å². The first-order valence-corrected chi connectivity index (χ1v) is 11.6. The number of ether oxygens (including phenoxy) is 5. The van der Waals surface area contributed by atoms with Crippen LogP contribution in [0.5, 0.6) is 11.5 Å². The summed E-state index contributed by atoms with van der Waals surface area (Å²) in [6.45, 7) is 6.10. The lowest BCUT2D eigenvalue weighted by molar-refractivity contribution is -0.384. The molecule has 0 aliphatic carbocycles. The summed E-state index contributed by atoms with van der Waals surface area (Å²) in [6, 6.07) is 4.70. The number of methoxy groups -OCH3 is 2. The average Bonchev–Trinajstić information content (AvgIpc) is 2.81. The summed E-state index contributed by atoms with van der Waals surface area (Å²) in [7, 11) is 2.99. The molecule has 35 heavy (non-hydrogen) atoms. The molecule has 3 rings (SSSR count). The van der Waals surface area contributed by atoms with E-state index >= 15 is 0 Å². The Morgan fingerprint density at radius 1 is 1.23 bits per heavy atom. The number of nitrogens with zero attached hydrogens (tertiary/aromatic N) is 2. The van der Waals surface area contributed by atoms with Crippen molar-refractivity contribution in [1.29, 1.82) is 0 Å². The second-order valence-electron chi connectivity index (χ2n) is 9.18. The van der Waals surface area contributed by atoms with E-state index in [1.165, 1.54) is 20.3 Å². The zero-order valence-corrected chi connectivity index (χ0v) is 20.8. The van der Waals surface area contributed by atoms with Crippen LogP contribution in [0, 0.1) is 10.1 Å². The highest BCUT2D eigenvalue weighted by Gasteiger charge is 2.30. The van der Waals surface area contributed by atoms with Gasteiger partial charge >= 0.3 is 11.7 Å². The molecular weight excluding hydrogens is 458 g/mol. The third-order valence-electron chi connectivity index (χ3n) is 5.32. The molecule has 2 aromatic rings. The van der Waals surface area contributed by atoms with Crippen LogP contribution in [0.3, 0.4) is 0 Å². The summed E-state index contributed by atoms with van der Waals surface area (Å²) in [5.74, 6) is 0.468. The Labute approximate surface area is 204 Å². The largest absolute Gasteiger partial charge is 0.493 e. The summed E-state index contributed by atoms with van der Waals surface area (Å²) >= 11 is 0. The Morgan fingerprint density at radius 2 is 1.94 bits per heavy atom. The highest BCUT2D eigenvalue weighted by atomic mass is 16.7. The third-order valence-corrected chi connectivity index (χ3v) is 5.32. The van der Waals surface area contributed by atoms with Crippen LogP contribution in [-0.4, -0.2) is 61.2 Å². The number of rotatable bonds is 10. The lowest BCUT2D eigenvalue weighted by Gasteiger charge is -2.29. The van der Waals surface area contributed by atoms with Crippen LogP contribution in [0.15, 0.2) is 18.2 Å². The molecule has 0 amide bonds. The van der Waals surface area contributed by atoms with Gasteiger partial charge in [0.2, 0.25) is 5.82 Å². The second kappa shape index (κ2) is 11.5. The molecule has 1 saturated heterocycles. The van der Waals surface area contributed by atoms with E-state index in [0.29, 0.717) is 35.4 Å². The molecule has 11 heteroatoms. The minimum Gasteiger partial charge on any atom is -0.493 e. The second-order valence-corrected chi connectivity index (χ2v) is 9.18. The standard InChI is InChI=1S/C24H33N3O8/c1-24(2,3)35-23(28)18(34-21-8-6-7-11-33-21)9-10-25-22-17(27(29)30)12-15-13-19(31-4)20(32-5)14-16(15)26-22/h12-14,18,21H,6-11H2,1-5H3,(H,25,26)/t18-,21?/m0/s1. The van der Waals surface area contributed by atoms with E-state index in [1.807, 2.05) is 0 Å². The van der Waals surface area contributed by atoms with Gasteiger partial charge in [0, 0.05) is 37.1 Å². The zero-order valence-electron chi connectivity index (χ0n) is 20.8. The number of esters is 1. The van der Waals surface area contributed by atoms with Gasteiger partial charge in [-0.3, -0.25) is 10.1 Å². The van der Waals surface area contributed by atoms with Crippen molar-refractivity contribution in [2.75, 3.05) is 32.7 Å². The highest BCUT2D eigenvalue weighted by Crippen LogP contribution is 2.35. The molecule has 0 spiro atoms. The van der Waals surface area contributed by atoms with Crippen LogP contribution < -0.4 is 14.8 Å². The van der Waals surface area contributed by atoms with E-state index in [2.05, 4.69) is 10.3 Å². The van der Waals surface area contributed by atoms with Gasteiger partial charge in [0.25, 0.3) is 0 Å². The molecule has 0 bridgehead atoms. The topological polar surface area (TPSA) is 131 Å². The fraction of sp³-hybridized carbons (Fsp3) is 0.583. The van der Waals surface area contributed by atoms with E-state index in [0.717, 1.165) is 12.8 Å². The van der Waals surface area contributed by atoms with Crippen molar-refractivity contribution in [2.45, 2.75) is 64.4 Å². The number of benzene rings is 1. The maximum Gasteiger partial charge on any atom is 0.335 e.